The fraction of sp³-hybridized carbons (Fsp3) is 0.167. The number of halogens is 1. The minimum Gasteiger partial charge on any atom is -0.369 e. The van der Waals surface area contributed by atoms with Crippen LogP contribution >= 0.6 is 23.4 Å². The topological polar surface area (TPSA) is 73.8 Å². The molecule has 25 heavy (non-hydrogen) atoms. The Morgan fingerprint density at radius 3 is 2.48 bits per heavy atom. The second-order valence-electron chi connectivity index (χ2n) is 5.55. The molecule has 2 aromatic carbocycles. The average Bonchev–Trinajstić information content (AvgIpc) is 2.99. The number of primary amides is 1. The highest BCUT2D eigenvalue weighted by atomic mass is 35.5. The molecule has 0 saturated heterocycles. The van der Waals surface area contributed by atoms with Crippen LogP contribution in [-0.2, 0) is 11.3 Å². The molecule has 0 saturated carbocycles. The highest BCUT2D eigenvalue weighted by Gasteiger charge is 2.19. The van der Waals surface area contributed by atoms with E-state index in [1.807, 2.05) is 59.2 Å². The minimum absolute atomic E-state index is 0.382. The van der Waals surface area contributed by atoms with Crippen molar-refractivity contribution in [2.24, 2.45) is 5.73 Å². The van der Waals surface area contributed by atoms with Crippen molar-refractivity contribution in [1.29, 1.82) is 0 Å². The third-order valence-corrected chi connectivity index (χ3v) is 5.04. The Kier molecular flexibility index (Phi) is 5.40. The second kappa shape index (κ2) is 7.72. The maximum atomic E-state index is 11.4. The standard InChI is InChI=1S/C18H17ClN4OS/c1-12(16(20)24)25-18-22-21-17(14-7-9-15(19)10-8-14)23(18)11-13-5-3-2-4-6-13/h2-10,12H,11H2,1H3,(H2,20,24)/t12-/m0/s1. The van der Waals surface area contributed by atoms with Crippen LogP contribution in [0.2, 0.25) is 5.02 Å². The first-order valence-electron chi connectivity index (χ1n) is 7.73. The van der Waals surface area contributed by atoms with Crippen LogP contribution in [0, 0.1) is 0 Å². The summed E-state index contributed by atoms with van der Waals surface area (Å²) < 4.78 is 1.99. The summed E-state index contributed by atoms with van der Waals surface area (Å²) in [6.45, 7) is 2.36. The fourth-order valence-corrected chi connectivity index (χ4v) is 3.24. The van der Waals surface area contributed by atoms with Crippen LogP contribution in [0.5, 0.6) is 0 Å². The van der Waals surface area contributed by atoms with Crippen molar-refractivity contribution >= 4 is 29.3 Å². The van der Waals surface area contributed by atoms with Gasteiger partial charge in [-0.3, -0.25) is 9.36 Å². The second-order valence-corrected chi connectivity index (χ2v) is 7.29. The maximum Gasteiger partial charge on any atom is 0.230 e. The SMILES string of the molecule is C[C@H](Sc1nnc(-c2ccc(Cl)cc2)n1Cc1ccccc1)C(N)=O. The summed E-state index contributed by atoms with van der Waals surface area (Å²) in [6, 6.07) is 17.5. The Hall–Kier alpha value is -2.31. The van der Waals surface area contributed by atoms with Crippen molar-refractivity contribution in [2.45, 2.75) is 23.9 Å². The summed E-state index contributed by atoms with van der Waals surface area (Å²) in [7, 11) is 0. The molecule has 0 aliphatic carbocycles. The Labute approximate surface area is 155 Å². The lowest BCUT2D eigenvalue weighted by Gasteiger charge is -2.12. The van der Waals surface area contributed by atoms with Gasteiger partial charge in [0.25, 0.3) is 0 Å². The molecule has 0 radical (unpaired) electrons. The largest absolute Gasteiger partial charge is 0.369 e. The number of nitrogens with zero attached hydrogens (tertiary/aromatic N) is 3. The zero-order valence-electron chi connectivity index (χ0n) is 13.6. The lowest BCUT2D eigenvalue weighted by atomic mass is 10.2. The van der Waals surface area contributed by atoms with E-state index >= 15 is 0 Å². The maximum absolute atomic E-state index is 11.4. The van der Waals surface area contributed by atoms with Gasteiger partial charge in [-0.05, 0) is 36.8 Å². The summed E-state index contributed by atoms with van der Waals surface area (Å²) in [5.74, 6) is 0.340. The first-order valence-corrected chi connectivity index (χ1v) is 8.99. The Bertz CT molecular complexity index is 865. The van der Waals surface area contributed by atoms with E-state index in [4.69, 9.17) is 17.3 Å². The van der Waals surface area contributed by atoms with Crippen molar-refractivity contribution < 1.29 is 4.79 Å². The van der Waals surface area contributed by atoms with Gasteiger partial charge in [-0.15, -0.1) is 10.2 Å². The molecule has 128 valence electrons. The van der Waals surface area contributed by atoms with Gasteiger partial charge < -0.3 is 5.73 Å². The van der Waals surface area contributed by atoms with E-state index in [0.717, 1.165) is 17.0 Å². The molecule has 1 amide bonds. The molecule has 0 unspecified atom stereocenters. The van der Waals surface area contributed by atoms with Gasteiger partial charge in [0.05, 0.1) is 11.8 Å². The molecule has 1 atom stereocenters. The van der Waals surface area contributed by atoms with Gasteiger partial charge in [0.1, 0.15) is 0 Å². The van der Waals surface area contributed by atoms with Crippen molar-refractivity contribution in [2.75, 3.05) is 0 Å². The van der Waals surface area contributed by atoms with Gasteiger partial charge in [0.2, 0.25) is 5.91 Å². The minimum atomic E-state index is -0.392. The summed E-state index contributed by atoms with van der Waals surface area (Å²) >= 11 is 7.28. The Morgan fingerprint density at radius 1 is 1.16 bits per heavy atom. The molecule has 2 N–H and O–H groups in total. The number of amides is 1. The van der Waals surface area contributed by atoms with E-state index in [9.17, 15) is 4.79 Å². The monoisotopic (exact) mass is 372 g/mol. The van der Waals surface area contributed by atoms with Gasteiger partial charge in [0, 0.05) is 10.6 Å². The van der Waals surface area contributed by atoms with Gasteiger partial charge in [-0.2, -0.15) is 0 Å². The van der Waals surface area contributed by atoms with Crippen LogP contribution in [-0.4, -0.2) is 25.9 Å². The molecule has 1 aromatic heterocycles. The van der Waals surface area contributed by atoms with Gasteiger partial charge in [-0.1, -0.05) is 53.7 Å². The van der Waals surface area contributed by atoms with E-state index in [1.165, 1.54) is 11.8 Å². The quantitative estimate of drug-likeness (QED) is 0.671. The number of thioether (sulfide) groups is 1. The van der Waals surface area contributed by atoms with Gasteiger partial charge >= 0.3 is 0 Å². The zero-order chi connectivity index (χ0) is 17.8. The third-order valence-electron chi connectivity index (χ3n) is 3.69. The number of hydrogen-bond donors (Lipinski definition) is 1. The lowest BCUT2D eigenvalue weighted by molar-refractivity contribution is -0.117. The predicted molar refractivity (Wildman–Crippen MR) is 101 cm³/mol. The van der Waals surface area contributed by atoms with E-state index in [-0.39, 0.29) is 5.91 Å². The molecule has 3 aromatic rings. The molecule has 0 aliphatic rings. The number of nitrogens with two attached hydrogens (primary N) is 1. The first-order chi connectivity index (χ1) is 12.0. The first kappa shape index (κ1) is 17.5. The van der Waals surface area contributed by atoms with Crippen molar-refractivity contribution in [1.82, 2.24) is 14.8 Å². The van der Waals surface area contributed by atoms with E-state index in [2.05, 4.69) is 10.2 Å². The molecule has 0 fully saturated rings. The van der Waals surface area contributed by atoms with Crippen molar-refractivity contribution in [3.8, 4) is 11.4 Å². The van der Waals surface area contributed by atoms with Crippen LogP contribution in [0.15, 0.2) is 59.8 Å². The molecule has 5 nitrogen and oxygen atoms in total. The van der Waals surface area contributed by atoms with E-state index in [1.54, 1.807) is 6.92 Å². The summed E-state index contributed by atoms with van der Waals surface area (Å²) in [4.78, 5) is 11.4. The average molecular weight is 373 g/mol. The van der Waals surface area contributed by atoms with Gasteiger partial charge in [-0.25, -0.2) is 0 Å². The molecule has 7 heteroatoms. The molecular weight excluding hydrogens is 356 g/mol. The fourth-order valence-electron chi connectivity index (χ4n) is 2.31. The summed E-state index contributed by atoms with van der Waals surface area (Å²) in [5.41, 5.74) is 7.41. The Balaban J connectivity index is 2.01. The van der Waals surface area contributed by atoms with Crippen LogP contribution < -0.4 is 5.73 Å². The number of benzene rings is 2. The smallest absolute Gasteiger partial charge is 0.230 e. The van der Waals surface area contributed by atoms with Gasteiger partial charge in [0.15, 0.2) is 11.0 Å². The third kappa shape index (κ3) is 4.21. The lowest BCUT2D eigenvalue weighted by Crippen LogP contribution is -2.23. The molecule has 0 spiro atoms. The number of hydrogen-bond acceptors (Lipinski definition) is 4. The van der Waals surface area contributed by atoms with Crippen LogP contribution in [0.1, 0.15) is 12.5 Å². The Morgan fingerprint density at radius 2 is 1.84 bits per heavy atom. The molecule has 0 aliphatic heterocycles. The van der Waals surface area contributed by atoms with E-state index in [0.29, 0.717) is 16.7 Å². The highest BCUT2D eigenvalue weighted by Crippen LogP contribution is 2.28. The van der Waals surface area contributed by atoms with Crippen LogP contribution in [0.3, 0.4) is 0 Å². The highest BCUT2D eigenvalue weighted by molar-refractivity contribution is 8.00. The van der Waals surface area contributed by atoms with Crippen LogP contribution in [0.4, 0.5) is 0 Å². The summed E-state index contributed by atoms with van der Waals surface area (Å²) in [6.07, 6.45) is 0. The summed E-state index contributed by atoms with van der Waals surface area (Å²) in [5, 5.41) is 9.51. The molecule has 0 bridgehead atoms. The predicted octanol–water partition coefficient (Wildman–Crippen LogP) is 3.61. The number of rotatable bonds is 6. The zero-order valence-corrected chi connectivity index (χ0v) is 15.2. The number of carbonyl (C=O) groups is 1. The molecular formula is C18H17ClN4OS. The van der Waals surface area contributed by atoms with Crippen molar-refractivity contribution in [3.63, 3.8) is 0 Å². The van der Waals surface area contributed by atoms with Crippen LogP contribution in [0.25, 0.3) is 11.4 Å². The molecule has 1 heterocycles. The van der Waals surface area contributed by atoms with E-state index < -0.39 is 5.25 Å². The number of carbonyl (C=O) groups excluding carboxylic acids is 1. The molecule has 3 rings (SSSR count). The normalized spacial score (nSPS) is 12.1. The van der Waals surface area contributed by atoms with Crippen molar-refractivity contribution in [3.05, 3.63) is 65.2 Å². The number of aromatic nitrogens is 3.